The molecule has 1 unspecified atom stereocenters. The number of carbonyl (C=O) groups excluding carboxylic acids is 1. The molecule has 0 radical (unpaired) electrons. The van der Waals surface area contributed by atoms with Crippen molar-refractivity contribution in [3.05, 3.63) is 47.5 Å². The maximum Gasteiger partial charge on any atom is 0.416 e. The molecular formula is C15H16BrF3O2. The van der Waals surface area contributed by atoms with Crippen molar-refractivity contribution in [2.24, 2.45) is 0 Å². The van der Waals surface area contributed by atoms with E-state index < -0.39 is 17.7 Å². The first-order valence-electron chi connectivity index (χ1n) is 6.37. The Kier molecular flexibility index (Phi) is 6.45. The summed E-state index contributed by atoms with van der Waals surface area (Å²) < 4.78 is 42.4. The lowest BCUT2D eigenvalue weighted by atomic mass is 9.93. The number of ether oxygens (including phenoxy) is 1. The van der Waals surface area contributed by atoms with Gasteiger partial charge >= 0.3 is 12.1 Å². The normalized spacial score (nSPS) is 12.8. The maximum absolute atomic E-state index is 12.5. The Morgan fingerprint density at radius 1 is 1.33 bits per heavy atom. The van der Waals surface area contributed by atoms with Crippen LogP contribution in [0.25, 0.3) is 0 Å². The van der Waals surface area contributed by atoms with Crippen LogP contribution in [0.5, 0.6) is 0 Å². The molecule has 1 atom stereocenters. The molecule has 0 aliphatic carbocycles. The van der Waals surface area contributed by atoms with E-state index in [-0.39, 0.29) is 12.5 Å². The third-order valence-electron chi connectivity index (χ3n) is 2.95. The van der Waals surface area contributed by atoms with E-state index in [4.69, 9.17) is 4.74 Å². The molecule has 0 spiro atoms. The van der Waals surface area contributed by atoms with Gasteiger partial charge < -0.3 is 4.74 Å². The summed E-state index contributed by atoms with van der Waals surface area (Å²) in [7, 11) is 0. The van der Waals surface area contributed by atoms with Crippen molar-refractivity contribution < 1.29 is 22.7 Å². The van der Waals surface area contributed by atoms with Crippen molar-refractivity contribution >= 4 is 21.9 Å². The highest BCUT2D eigenvalue weighted by Crippen LogP contribution is 2.32. The van der Waals surface area contributed by atoms with Gasteiger partial charge in [0, 0.05) is 10.9 Å². The van der Waals surface area contributed by atoms with Gasteiger partial charge in [-0.1, -0.05) is 34.6 Å². The average molecular weight is 365 g/mol. The Hall–Kier alpha value is -1.30. The quantitative estimate of drug-likeness (QED) is 0.415. The summed E-state index contributed by atoms with van der Waals surface area (Å²) in [6, 6.07) is 4.93. The minimum atomic E-state index is -4.35. The molecule has 0 aliphatic heterocycles. The van der Waals surface area contributed by atoms with Gasteiger partial charge in [-0.3, -0.25) is 0 Å². The fourth-order valence-electron chi connectivity index (χ4n) is 1.82. The SMILES string of the molecule is C=C(CC(CBr)c1ccc(C(F)(F)F)cc1)C(=O)OCC. The largest absolute Gasteiger partial charge is 0.463 e. The van der Waals surface area contributed by atoms with Gasteiger partial charge in [0.05, 0.1) is 12.2 Å². The molecule has 0 aromatic heterocycles. The van der Waals surface area contributed by atoms with Crippen LogP contribution in [0.1, 0.15) is 30.4 Å². The van der Waals surface area contributed by atoms with Crippen molar-refractivity contribution in [2.75, 3.05) is 11.9 Å². The maximum atomic E-state index is 12.5. The Labute approximate surface area is 130 Å². The molecule has 1 aromatic carbocycles. The van der Waals surface area contributed by atoms with Gasteiger partial charge in [-0.2, -0.15) is 13.2 Å². The molecule has 6 heteroatoms. The molecule has 0 fully saturated rings. The van der Waals surface area contributed by atoms with Crippen molar-refractivity contribution in [1.29, 1.82) is 0 Å². The van der Waals surface area contributed by atoms with E-state index >= 15 is 0 Å². The second kappa shape index (κ2) is 7.64. The van der Waals surface area contributed by atoms with Gasteiger partial charge in [-0.15, -0.1) is 0 Å². The van der Waals surface area contributed by atoms with Gasteiger partial charge in [-0.05, 0) is 37.0 Å². The van der Waals surface area contributed by atoms with Crippen LogP contribution in [0.2, 0.25) is 0 Å². The zero-order valence-corrected chi connectivity index (χ0v) is 13.1. The first kappa shape index (κ1) is 17.8. The van der Waals surface area contributed by atoms with Crippen LogP contribution in [0.3, 0.4) is 0 Å². The minimum Gasteiger partial charge on any atom is -0.463 e. The van der Waals surface area contributed by atoms with Crippen LogP contribution in [0.4, 0.5) is 13.2 Å². The van der Waals surface area contributed by atoms with Gasteiger partial charge in [0.25, 0.3) is 0 Å². The Bertz CT molecular complexity index is 495. The molecule has 1 aromatic rings. The molecular weight excluding hydrogens is 349 g/mol. The smallest absolute Gasteiger partial charge is 0.416 e. The van der Waals surface area contributed by atoms with E-state index in [9.17, 15) is 18.0 Å². The Morgan fingerprint density at radius 3 is 2.33 bits per heavy atom. The van der Waals surface area contributed by atoms with Crippen LogP contribution >= 0.6 is 15.9 Å². The second-order valence-electron chi connectivity index (χ2n) is 4.50. The van der Waals surface area contributed by atoms with Crippen LogP contribution in [0.15, 0.2) is 36.4 Å². The van der Waals surface area contributed by atoms with E-state index in [1.807, 2.05) is 0 Å². The van der Waals surface area contributed by atoms with E-state index in [1.165, 1.54) is 12.1 Å². The number of rotatable bonds is 6. The van der Waals surface area contributed by atoms with Gasteiger partial charge in [0.1, 0.15) is 0 Å². The van der Waals surface area contributed by atoms with Gasteiger partial charge in [0.2, 0.25) is 0 Å². The van der Waals surface area contributed by atoms with Gasteiger partial charge in [-0.25, -0.2) is 4.79 Å². The van der Waals surface area contributed by atoms with E-state index in [1.54, 1.807) is 6.92 Å². The van der Waals surface area contributed by atoms with Crippen molar-refractivity contribution in [3.8, 4) is 0 Å². The summed E-state index contributed by atoms with van der Waals surface area (Å²) in [5.74, 6) is -0.612. The number of benzene rings is 1. The summed E-state index contributed by atoms with van der Waals surface area (Å²) in [5.41, 5.74) is 0.329. The third-order valence-corrected chi connectivity index (χ3v) is 3.73. The van der Waals surface area contributed by atoms with Crippen LogP contribution < -0.4 is 0 Å². The summed E-state index contributed by atoms with van der Waals surface area (Å²) in [6.07, 6.45) is -4.02. The molecule has 116 valence electrons. The number of carbonyl (C=O) groups is 1. The van der Waals surface area contributed by atoms with E-state index in [0.717, 1.165) is 12.1 Å². The third kappa shape index (κ3) is 5.19. The summed E-state index contributed by atoms with van der Waals surface area (Å²) in [6.45, 7) is 5.63. The topological polar surface area (TPSA) is 26.3 Å². The van der Waals surface area contributed by atoms with Gasteiger partial charge in [0.15, 0.2) is 0 Å². The molecule has 1 rings (SSSR count). The molecule has 0 amide bonds. The standard InChI is InChI=1S/C15H16BrF3O2/c1-3-21-14(20)10(2)8-12(9-16)11-4-6-13(7-5-11)15(17,18)19/h4-7,12H,2-3,8-9H2,1H3. The van der Waals surface area contributed by atoms with Crippen LogP contribution in [-0.4, -0.2) is 17.9 Å². The summed E-state index contributed by atoms with van der Waals surface area (Å²) in [5, 5.41) is 0.511. The van der Waals surface area contributed by atoms with Crippen LogP contribution in [0, 0.1) is 0 Å². The lowest BCUT2D eigenvalue weighted by molar-refractivity contribution is -0.139. The highest BCUT2D eigenvalue weighted by Gasteiger charge is 2.30. The lowest BCUT2D eigenvalue weighted by Crippen LogP contribution is -2.11. The predicted octanol–water partition coefficient (Wildman–Crippen LogP) is 4.69. The first-order chi connectivity index (χ1) is 9.79. The molecule has 0 saturated carbocycles. The first-order valence-corrected chi connectivity index (χ1v) is 7.49. The number of hydrogen-bond donors (Lipinski definition) is 0. The number of esters is 1. The lowest BCUT2D eigenvalue weighted by Gasteiger charge is -2.16. The molecule has 0 saturated heterocycles. The summed E-state index contributed by atoms with van der Waals surface area (Å²) in [4.78, 5) is 11.5. The predicted molar refractivity (Wildman–Crippen MR) is 78.4 cm³/mol. The van der Waals surface area contributed by atoms with Crippen molar-refractivity contribution in [3.63, 3.8) is 0 Å². The van der Waals surface area contributed by atoms with Crippen molar-refractivity contribution in [1.82, 2.24) is 0 Å². The monoisotopic (exact) mass is 364 g/mol. The fraction of sp³-hybridized carbons (Fsp3) is 0.400. The minimum absolute atomic E-state index is 0.135. The molecule has 21 heavy (non-hydrogen) atoms. The molecule has 2 nitrogen and oxygen atoms in total. The van der Waals surface area contributed by atoms with E-state index in [2.05, 4.69) is 22.5 Å². The molecule has 0 heterocycles. The Morgan fingerprint density at radius 2 is 1.90 bits per heavy atom. The zero-order chi connectivity index (χ0) is 16.0. The molecule has 0 aliphatic rings. The highest BCUT2D eigenvalue weighted by atomic mass is 79.9. The number of alkyl halides is 4. The average Bonchev–Trinajstić information content (AvgIpc) is 2.44. The Balaban J connectivity index is 2.81. The second-order valence-corrected chi connectivity index (χ2v) is 5.15. The van der Waals surface area contributed by atoms with Crippen LogP contribution in [-0.2, 0) is 15.7 Å². The van der Waals surface area contributed by atoms with Crippen molar-refractivity contribution in [2.45, 2.75) is 25.4 Å². The molecule has 0 N–H and O–H groups in total. The number of hydrogen-bond acceptors (Lipinski definition) is 2. The fourth-order valence-corrected chi connectivity index (χ4v) is 2.42. The zero-order valence-electron chi connectivity index (χ0n) is 11.5. The summed E-state index contributed by atoms with van der Waals surface area (Å²) >= 11 is 3.31. The number of halogens is 4. The molecule has 0 bridgehead atoms. The highest BCUT2D eigenvalue weighted by molar-refractivity contribution is 9.09. The van der Waals surface area contributed by atoms with E-state index in [0.29, 0.717) is 22.9 Å².